The lowest BCUT2D eigenvalue weighted by Crippen LogP contribution is -2.39. The smallest absolute Gasteiger partial charge is 0.338 e. The molecule has 39 heavy (non-hydrogen) atoms. The summed E-state index contributed by atoms with van der Waals surface area (Å²) in [5, 5.41) is 11.6. The number of hydrogen-bond donors (Lipinski definition) is 0. The van der Waals surface area contributed by atoms with E-state index in [4.69, 9.17) is 23.7 Å². The maximum Gasteiger partial charge on any atom is 0.338 e. The molecule has 0 spiro atoms. The Kier molecular flexibility index (Phi) is 6.83. The average Bonchev–Trinajstić information content (AvgIpc) is 3.51. The molecule has 0 bridgehead atoms. The molecule has 0 fully saturated rings. The molecule has 2 aliphatic rings. The first-order valence-corrected chi connectivity index (χ1v) is 12.6. The molecule has 1 atom stereocenters. The number of carbonyl (C=O) groups excluding carboxylic acids is 1. The molecule has 5 rings (SSSR count). The monoisotopic (exact) mass is 553 g/mol. The number of esters is 1. The highest BCUT2D eigenvalue weighted by Crippen LogP contribution is 2.38. The molecular formula is C26H23N3O9S. The molecule has 0 amide bonds. The Hall–Kier alpha value is -4.65. The summed E-state index contributed by atoms with van der Waals surface area (Å²) in [5.41, 5.74) is 0.791. The van der Waals surface area contributed by atoms with Crippen molar-refractivity contribution in [3.8, 4) is 23.0 Å². The van der Waals surface area contributed by atoms with Crippen LogP contribution in [0.4, 0.5) is 5.69 Å². The van der Waals surface area contributed by atoms with Crippen molar-refractivity contribution in [2.75, 3.05) is 27.6 Å². The van der Waals surface area contributed by atoms with Crippen LogP contribution in [0.25, 0.3) is 6.08 Å². The Bertz CT molecular complexity index is 1720. The van der Waals surface area contributed by atoms with Crippen molar-refractivity contribution in [1.82, 2.24) is 4.57 Å². The minimum Gasteiger partial charge on any atom is -0.496 e. The summed E-state index contributed by atoms with van der Waals surface area (Å²) in [4.78, 5) is 42.9. The van der Waals surface area contributed by atoms with Crippen LogP contribution in [0.1, 0.15) is 31.0 Å². The molecule has 0 aliphatic carbocycles. The van der Waals surface area contributed by atoms with E-state index in [-0.39, 0.29) is 40.7 Å². The van der Waals surface area contributed by atoms with Crippen molar-refractivity contribution in [3.63, 3.8) is 0 Å². The van der Waals surface area contributed by atoms with Gasteiger partial charge in [0.1, 0.15) is 5.75 Å². The number of methoxy groups -OCH3 is 2. The number of fused-ring (bicyclic) bond motifs is 2. The Morgan fingerprint density at radius 3 is 2.64 bits per heavy atom. The Morgan fingerprint density at radius 2 is 1.95 bits per heavy atom. The van der Waals surface area contributed by atoms with Crippen molar-refractivity contribution in [3.05, 3.63) is 82.5 Å². The molecule has 202 valence electrons. The minimum atomic E-state index is -0.857. The molecule has 2 aliphatic heterocycles. The number of nitro benzene ring substituents is 1. The van der Waals surface area contributed by atoms with E-state index in [2.05, 4.69) is 4.99 Å². The average molecular weight is 554 g/mol. The molecule has 0 saturated carbocycles. The van der Waals surface area contributed by atoms with Gasteiger partial charge in [-0.2, -0.15) is 0 Å². The highest BCUT2D eigenvalue weighted by Gasteiger charge is 2.34. The van der Waals surface area contributed by atoms with E-state index in [1.165, 1.54) is 37.0 Å². The third-order valence-electron chi connectivity index (χ3n) is 6.24. The van der Waals surface area contributed by atoms with Crippen LogP contribution < -0.4 is 33.8 Å². The number of rotatable bonds is 7. The maximum absolute atomic E-state index is 13.9. The topological polar surface area (TPSA) is 141 Å². The molecule has 0 N–H and O–H groups in total. The third-order valence-corrected chi connectivity index (χ3v) is 7.23. The van der Waals surface area contributed by atoms with Crippen molar-refractivity contribution in [2.24, 2.45) is 4.99 Å². The van der Waals surface area contributed by atoms with Gasteiger partial charge in [0.2, 0.25) is 12.5 Å². The largest absolute Gasteiger partial charge is 0.496 e. The van der Waals surface area contributed by atoms with Crippen molar-refractivity contribution in [2.45, 2.75) is 19.9 Å². The lowest BCUT2D eigenvalue weighted by molar-refractivity contribution is -0.385. The highest BCUT2D eigenvalue weighted by molar-refractivity contribution is 7.07. The Morgan fingerprint density at radius 1 is 1.21 bits per heavy atom. The van der Waals surface area contributed by atoms with Crippen LogP contribution in [0, 0.1) is 10.1 Å². The van der Waals surface area contributed by atoms with E-state index >= 15 is 0 Å². The number of nitrogens with zero attached hydrogens (tertiary/aromatic N) is 3. The van der Waals surface area contributed by atoms with Crippen LogP contribution in [0.5, 0.6) is 23.0 Å². The maximum atomic E-state index is 13.9. The van der Waals surface area contributed by atoms with Crippen LogP contribution in [0.15, 0.2) is 51.4 Å². The number of benzene rings is 2. The first-order chi connectivity index (χ1) is 18.8. The fraction of sp³-hybridized carbons (Fsp3) is 0.269. The first-order valence-electron chi connectivity index (χ1n) is 11.8. The van der Waals surface area contributed by atoms with Gasteiger partial charge in [-0.3, -0.25) is 19.5 Å². The lowest BCUT2D eigenvalue weighted by atomic mass is 9.95. The molecule has 12 nitrogen and oxygen atoms in total. The van der Waals surface area contributed by atoms with Crippen molar-refractivity contribution in [1.29, 1.82) is 0 Å². The van der Waals surface area contributed by atoms with E-state index < -0.39 is 22.5 Å². The van der Waals surface area contributed by atoms with E-state index in [9.17, 15) is 19.7 Å². The van der Waals surface area contributed by atoms with Gasteiger partial charge in [0.25, 0.3) is 5.56 Å². The summed E-state index contributed by atoms with van der Waals surface area (Å²) in [6, 6.07) is 7.00. The van der Waals surface area contributed by atoms with Gasteiger partial charge in [0.05, 0.1) is 47.6 Å². The van der Waals surface area contributed by atoms with Crippen molar-refractivity contribution < 1.29 is 33.4 Å². The van der Waals surface area contributed by atoms with E-state index in [1.54, 1.807) is 32.0 Å². The summed E-state index contributed by atoms with van der Waals surface area (Å²) in [5.74, 6) is 0.746. The quantitative estimate of drug-likeness (QED) is 0.245. The van der Waals surface area contributed by atoms with Crippen LogP contribution >= 0.6 is 11.3 Å². The molecule has 0 radical (unpaired) electrons. The van der Waals surface area contributed by atoms with Gasteiger partial charge in [-0.1, -0.05) is 17.4 Å². The summed E-state index contributed by atoms with van der Waals surface area (Å²) < 4.78 is 28.4. The molecule has 13 heteroatoms. The van der Waals surface area contributed by atoms with Gasteiger partial charge in [0.15, 0.2) is 16.3 Å². The van der Waals surface area contributed by atoms with Crippen LogP contribution in [-0.4, -0.2) is 43.1 Å². The zero-order valence-electron chi connectivity index (χ0n) is 21.4. The van der Waals surface area contributed by atoms with E-state index in [0.717, 1.165) is 11.3 Å². The summed E-state index contributed by atoms with van der Waals surface area (Å²) in [7, 11) is 2.73. The van der Waals surface area contributed by atoms with Gasteiger partial charge < -0.3 is 23.7 Å². The summed E-state index contributed by atoms with van der Waals surface area (Å²) >= 11 is 1.08. The van der Waals surface area contributed by atoms with Gasteiger partial charge in [-0.25, -0.2) is 9.79 Å². The molecule has 3 heterocycles. The van der Waals surface area contributed by atoms with Gasteiger partial charge in [0, 0.05) is 17.7 Å². The normalized spacial score (nSPS) is 16.0. The van der Waals surface area contributed by atoms with Crippen LogP contribution in [0.3, 0.4) is 0 Å². The molecule has 0 saturated heterocycles. The fourth-order valence-corrected chi connectivity index (χ4v) is 5.53. The Balaban J connectivity index is 1.74. The zero-order chi connectivity index (χ0) is 27.8. The van der Waals surface area contributed by atoms with Crippen LogP contribution in [0.2, 0.25) is 0 Å². The number of thiazole rings is 1. The van der Waals surface area contributed by atoms with E-state index in [0.29, 0.717) is 33.1 Å². The lowest BCUT2D eigenvalue weighted by Gasteiger charge is -2.24. The van der Waals surface area contributed by atoms with Gasteiger partial charge >= 0.3 is 11.7 Å². The Labute approximate surface area is 225 Å². The molecule has 3 aromatic rings. The number of nitro groups is 1. The number of ether oxygens (including phenoxy) is 5. The second kappa shape index (κ2) is 10.3. The number of allylic oxidation sites excluding steroid dienone is 1. The van der Waals surface area contributed by atoms with E-state index in [1.807, 2.05) is 0 Å². The summed E-state index contributed by atoms with van der Waals surface area (Å²) in [6.07, 6.45) is 1.50. The molecule has 1 aromatic heterocycles. The third kappa shape index (κ3) is 4.50. The number of carbonyl (C=O) groups is 1. The molecular weight excluding hydrogens is 530 g/mol. The highest BCUT2D eigenvalue weighted by atomic mass is 32.1. The number of hydrogen-bond acceptors (Lipinski definition) is 11. The fourth-order valence-electron chi connectivity index (χ4n) is 4.49. The second-order valence-corrected chi connectivity index (χ2v) is 9.45. The summed E-state index contributed by atoms with van der Waals surface area (Å²) in [6.45, 7) is 3.58. The minimum absolute atomic E-state index is 0.0213. The molecule has 0 unspecified atom stereocenters. The van der Waals surface area contributed by atoms with Gasteiger partial charge in [-0.15, -0.1) is 0 Å². The first kappa shape index (κ1) is 26.0. The zero-order valence-corrected chi connectivity index (χ0v) is 22.2. The number of aromatic nitrogens is 1. The van der Waals surface area contributed by atoms with Crippen molar-refractivity contribution >= 4 is 29.1 Å². The second-order valence-electron chi connectivity index (χ2n) is 8.44. The van der Waals surface area contributed by atoms with Gasteiger partial charge in [-0.05, 0) is 37.6 Å². The predicted molar refractivity (Wildman–Crippen MR) is 139 cm³/mol. The predicted octanol–water partition coefficient (Wildman–Crippen LogP) is 2.45. The SMILES string of the molecule is CCOC(=O)C1=C(C)N=c2s/c(=C\c3cc([N+](=O)[O-])c(OC)cc3OC)c(=O)n2[C@H]1c1ccc2c(c1)OCO2. The molecule has 2 aromatic carbocycles. The standard InChI is InChI=1S/C26H23N3O9S/c1-5-36-25(31)22-13(2)27-26-28(23(22)14-6-7-17-20(9-14)38-12-37-17)24(30)21(39-26)10-15-8-16(29(32)33)19(35-4)11-18(15)34-3/h6-11,23H,5,12H2,1-4H3/b21-10-/t23-/m0/s1. The van der Waals surface area contributed by atoms with Crippen LogP contribution in [-0.2, 0) is 9.53 Å².